The Morgan fingerprint density at radius 2 is 2.20 bits per heavy atom. The maximum Gasteiger partial charge on any atom is 0.425 e. The lowest BCUT2D eigenvalue weighted by molar-refractivity contribution is -0.190. The number of nitrogens with zero attached hydrogens (tertiary/aromatic N) is 2. The van der Waals surface area contributed by atoms with E-state index in [1.165, 1.54) is 18.3 Å². The van der Waals surface area contributed by atoms with Crippen LogP contribution in [0.4, 0.5) is 13.2 Å². The summed E-state index contributed by atoms with van der Waals surface area (Å²) in [5.74, 6) is -0.301. The smallest absolute Gasteiger partial charge is 0.425 e. The monoisotopic (exact) mass is 216 g/mol. The van der Waals surface area contributed by atoms with Gasteiger partial charge in [-0.2, -0.15) is 18.4 Å². The topological polar surface area (TPSA) is 45.9 Å². The number of pyridine rings is 1. The van der Waals surface area contributed by atoms with E-state index in [4.69, 9.17) is 5.26 Å². The van der Waals surface area contributed by atoms with Gasteiger partial charge in [0, 0.05) is 6.20 Å². The van der Waals surface area contributed by atoms with Crippen molar-refractivity contribution in [3.63, 3.8) is 0 Å². The zero-order chi connectivity index (χ0) is 11.5. The van der Waals surface area contributed by atoms with Gasteiger partial charge in [-0.25, -0.2) is 4.98 Å². The summed E-state index contributed by atoms with van der Waals surface area (Å²) in [5.41, 5.74) is -0.0198. The second-order valence-electron chi connectivity index (χ2n) is 2.77. The molecule has 0 aliphatic carbocycles. The predicted octanol–water partition coefficient (Wildman–Crippen LogP) is 2.28. The molecule has 0 saturated heterocycles. The fourth-order valence-electron chi connectivity index (χ4n) is 0.804. The van der Waals surface area contributed by atoms with Gasteiger partial charge in [-0.3, -0.25) is 0 Å². The molecule has 3 nitrogen and oxygen atoms in total. The summed E-state index contributed by atoms with van der Waals surface area (Å²) >= 11 is 0. The Hall–Kier alpha value is -1.77. The van der Waals surface area contributed by atoms with E-state index in [1.54, 1.807) is 6.07 Å². The molecule has 0 saturated carbocycles. The number of aromatic nitrogens is 1. The molecule has 0 aliphatic heterocycles. The molecule has 0 bridgehead atoms. The van der Waals surface area contributed by atoms with E-state index in [-0.39, 0.29) is 11.4 Å². The molecule has 1 aromatic rings. The van der Waals surface area contributed by atoms with E-state index in [0.717, 1.165) is 6.92 Å². The van der Waals surface area contributed by atoms with E-state index in [2.05, 4.69) is 9.72 Å². The molecule has 0 aromatic carbocycles. The van der Waals surface area contributed by atoms with Crippen molar-refractivity contribution in [2.45, 2.75) is 19.2 Å². The highest BCUT2D eigenvalue weighted by Crippen LogP contribution is 2.25. The minimum Gasteiger partial charge on any atom is -0.464 e. The molecule has 6 heteroatoms. The normalized spacial score (nSPS) is 13.0. The molecule has 80 valence electrons. The first kappa shape index (κ1) is 11.3. The Morgan fingerprint density at radius 3 is 2.73 bits per heavy atom. The number of alkyl halides is 3. The third-order valence-corrected chi connectivity index (χ3v) is 1.64. The molecule has 0 unspecified atom stereocenters. The quantitative estimate of drug-likeness (QED) is 0.761. The van der Waals surface area contributed by atoms with Gasteiger partial charge in [-0.1, -0.05) is 0 Å². The fraction of sp³-hybridized carbons (Fsp3) is 0.333. The van der Waals surface area contributed by atoms with Gasteiger partial charge in [0.15, 0.2) is 6.10 Å². The molecule has 1 aromatic heterocycles. The summed E-state index contributed by atoms with van der Waals surface area (Å²) in [6, 6.07) is 4.48. The zero-order valence-corrected chi connectivity index (χ0v) is 7.75. The Bertz CT molecular complexity index is 384. The standard InChI is InChI=1S/C9H7F3N2O/c1-6(9(10,11)12)15-8-7(5-13)3-2-4-14-8/h2-4,6H,1H3/t6-/m1/s1. The summed E-state index contributed by atoms with van der Waals surface area (Å²) in [4.78, 5) is 3.56. The highest BCUT2D eigenvalue weighted by Gasteiger charge is 2.38. The van der Waals surface area contributed by atoms with Crippen molar-refractivity contribution in [1.29, 1.82) is 5.26 Å². The molecular formula is C9H7F3N2O. The van der Waals surface area contributed by atoms with Gasteiger partial charge in [-0.15, -0.1) is 0 Å². The zero-order valence-electron chi connectivity index (χ0n) is 7.75. The Labute approximate surface area is 84.1 Å². The lowest BCUT2D eigenvalue weighted by Crippen LogP contribution is -2.31. The molecule has 0 N–H and O–H groups in total. The van der Waals surface area contributed by atoms with Gasteiger partial charge >= 0.3 is 6.18 Å². The largest absolute Gasteiger partial charge is 0.464 e. The van der Waals surface area contributed by atoms with Gasteiger partial charge in [-0.05, 0) is 19.1 Å². The highest BCUT2D eigenvalue weighted by molar-refractivity contribution is 5.37. The molecule has 1 atom stereocenters. The van der Waals surface area contributed by atoms with E-state index in [1.807, 2.05) is 0 Å². The number of hydrogen-bond donors (Lipinski definition) is 0. The van der Waals surface area contributed by atoms with E-state index < -0.39 is 12.3 Å². The molecule has 0 spiro atoms. The summed E-state index contributed by atoms with van der Waals surface area (Å²) in [6.45, 7) is 0.857. The minimum absolute atomic E-state index is 0.0198. The molecule has 0 radical (unpaired) electrons. The van der Waals surface area contributed by atoms with Crippen LogP contribution in [-0.2, 0) is 0 Å². The van der Waals surface area contributed by atoms with Crippen LogP contribution >= 0.6 is 0 Å². The predicted molar refractivity (Wildman–Crippen MR) is 45.1 cm³/mol. The second-order valence-corrected chi connectivity index (χ2v) is 2.77. The Balaban J connectivity index is 2.86. The first-order valence-corrected chi connectivity index (χ1v) is 4.03. The molecule has 1 heterocycles. The van der Waals surface area contributed by atoms with Crippen LogP contribution < -0.4 is 4.74 Å². The van der Waals surface area contributed by atoms with Crippen LogP contribution in [0.15, 0.2) is 18.3 Å². The third kappa shape index (κ3) is 2.84. The van der Waals surface area contributed by atoms with Crippen molar-refractivity contribution in [3.05, 3.63) is 23.9 Å². The van der Waals surface area contributed by atoms with E-state index >= 15 is 0 Å². The van der Waals surface area contributed by atoms with E-state index in [9.17, 15) is 13.2 Å². The minimum atomic E-state index is -4.47. The summed E-state index contributed by atoms with van der Waals surface area (Å²) in [5, 5.41) is 8.58. The molecule has 15 heavy (non-hydrogen) atoms. The first-order valence-electron chi connectivity index (χ1n) is 4.03. The van der Waals surface area contributed by atoms with Crippen LogP contribution in [0, 0.1) is 11.3 Å². The third-order valence-electron chi connectivity index (χ3n) is 1.64. The number of ether oxygens (including phenoxy) is 1. The van der Waals surface area contributed by atoms with Crippen LogP contribution in [0.3, 0.4) is 0 Å². The van der Waals surface area contributed by atoms with Crippen molar-refractivity contribution < 1.29 is 17.9 Å². The molecule has 0 amide bonds. The van der Waals surface area contributed by atoms with Crippen LogP contribution in [0.2, 0.25) is 0 Å². The summed E-state index contributed by atoms with van der Waals surface area (Å²) < 4.78 is 40.9. The SMILES string of the molecule is C[C@@H](Oc1ncccc1C#N)C(F)(F)F. The first-order chi connectivity index (χ1) is 6.95. The van der Waals surface area contributed by atoms with Crippen molar-refractivity contribution in [2.75, 3.05) is 0 Å². The van der Waals surface area contributed by atoms with Crippen LogP contribution in [0.25, 0.3) is 0 Å². The summed E-state index contributed by atoms with van der Waals surface area (Å²) in [7, 11) is 0. The van der Waals surface area contributed by atoms with Gasteiger partial charge in [0.05, 0.1) is 0 Å². The van der Waals surface area contributed by atoms with Crippen LogP contribution in [0.5, 0.6) is 5.88 Å². The average molecular weight is 216 g/mol. The van der Waals surface area contributed by atoms with Crippen LogP contribution in [0.1, 0.15) is 12.5 Å². The number of nitriles is 1. The number of halogens is 3. The van der Waals surface area contributed by atoms with E-state index in [0.29, 0.717) is 0 Å². The summed E-state index contributed by atoms with van der Waals surface area (Å²) in [6.07, 6.45) is -5.19. The van der Waals surface area contributed by atoms with Gasteiger partial charge < -0.3 is 4.74 Å². The second kappa shape index (κ2) is 4.17. The number of hydrogen-bond acceptors (Lipinski definition) is 3. The van der Waals surface area contributed by atoms with Gasteiger partial charge in [0.2, 0.25) is 5.88 Å². The van der Waals surface area contributed by atoms with Crippen molar-refractivity contribution in [1.82, 2.24) is 4.98 Å². The number of rotatable bonds is 2. The maximum atomic E-state index is 12.1. The Kier molecular flexibility index (Phi) is 3.14. The van der Waals surface area contributed by atoms with Crippen molar-refractivity contribution >= 4 is 0 Å². The Morgan fingerprint density at radius 1 is 1.53 bits per heavy atom. The van der Waals surface area contributed by atoms with Crippen LogP contribution in [-0.4, -0.2) is 17.3 Å². The highest BCUT2D eigenvalue weighted by atomic mass is 19.4. The molecular weight excluding hydrogens is 209 g/mol. The fourth-order valence-corrected chi connectivity index (χ4v) is 0.804. The molecule has 1 rings (SSSR count). The van der Waals surface area contributed by atoms with Gasteiger partial charge in [0.1, 0.15) is 11.6 Å². The lowest BCUT2D eigenvalue weighted by atomic mass is 10.3. The average Bonchev–Trinajstić information content (AvgIpc) is 2.17. The maximum absolute atomic E-state index is 12.1. The molecule has 0 fully saturated rings. The van der Waals surface area contributed by atoms with Crippen molar-refractivity contribution in [2.24, 2.45) is 0 Å². The van der Waals surface area contributed by atoms with Crippen molar-refractivity contribution in [3.8, 4) is 11.9 Å². The lowest BCUT2D eigenvalue weighted by Gasteiger charge is -2.17. The van der Waals surface area contributed by atoms with Gasteiger partial charge in [0.25, 0.3) is 0 Å². The molecule has 0 aliphatic rings.